The molecule has 0 aliphatic carbocycles. The molecule has 1 aliphatic heterocycles. The lowest BCUT2D eigenvalue weighted by Gasteiger charge is -2.09. The first-order valence-corrected chi connectivity index (χ1v) is 5.18. The molecule has 82 valence electrons. The number of carboxylic acid groups (broad SMARTS) is 1. The van der Waals surface area contributed by atoms with Crippen LogP contribution in [0.15, 0.2) is 22.7 Å². The standard InChI is InChI=1S/C10H6BrNO4/c11-6-3-1-2-5-8(6)10(16)12(9(5)15)4-7(13)14/h1-3H,4H2,(H,13,14). The van der Waals surface area contributed by atoms with Crippen molar-refractivity contribution in [2.45, 2.75) is 0 Å². The van der Waals surface area contributed by atoms with Gasteiger partial charge in [0, 0.05) is 4.47 Å². The first kappa shape index (κ1) is 10.8. The number of halogens is 1. The number of aliphatic carboxylic acids is 1. The molecule has 0 radical (unpaired) electrons. The van der Waals surface area contributed by atoms with Crippen molar-refractivity contribution in [3.63, 3.8) is 0 Å². The van der Waals surface area contributed by atoms with Gasteiger partial charge in [0.15, 0.2) is 0 Å². The number of hydrogen-bond acceptors (Lipinski definition) is 3. The van der Waals surface area contributed by atoms with Crippen LogP contribution in [0.5, 0.6) is 0 Å². The SMILES string of the molecule is O=C(O)CN1C(=O)c2cccc(Br)c2C1=O. The molecular weight excluding hydrogens is 278 g/mol. The van der Waals surface area contributed by atoms with Crippen LogP contribution in [0.25, 0.3) is 0 Å². The van der Waals surface area contributed by atoms with Crippen LogP contribution in [0.2, 0.25) is 0 Å². The van der Waals surface area contributed by atoms with Crippen LogP contribution in [-0.2, 0) is 4.79 Å². The molecule has 1 heterocycles. The number of carboxylic acids is 1. The van der Waals surface area contributed by atoms with Gasteiger partial charge in [-0.15, -0.1) is 0 Å². The van der Waals surface area contributed by atoms with Crippen LogP contribution in [0.1, 0.15) is 20.7 Å². The highest BCUT2D eigenvalue weighted by Gasteiger charge is 2.37. The molecule has 1 aliphatic rings. The van der Waals surface area contributed by atoms with Gasteiger partial charge < -0.3 is 5.11 Å². The lowest BCUT2D eigenvalue weighted by atomic mass is 10.1. The van der Waals surface area contributed by atoms with Gasteiger partial charge in [0.2, 0.25) is 0 Å². The minimum Gasteiger partial charge on any atom is -0.480 e. The molecule has 16 heavy (non-hydrogen) atoms. The van der Waals surface area contributed by atoms with Crippen molar-refractivity contribution in [3.05, 3.63) is 33.8 Å². The highest BCUT2D eigenvalue weighted by Crippen LogP contribution is 2.28. The van der Waals surface area contributed by atoms with E-state index < -0.39 is 24.3 Å². The first-order chi connectivity index (χ1) is 7.52. The topological polar surface area (TPSA) is 74.7 Å². The Balaban J connectivity index is 2.48. The number of carbonyl (C=O) groups is 3. The summed E-state index contributed by atoms with van der Waals surface area (Å²) >= 11 is 3.16. The van der Waals surface area contributed by atoms with Gasteiger partial charge in [0.05, 0.1) is 11.1 Å². The van der Waals surface area contributed by atoms with E-state index in [1.165, 1.54) is 6.07 Å². The monoisotopic (exact) mass is 283 g/mol. The Kier molecular flexibility index (Phi) is 2.51. The van der Waals surface area contributed by atoms with E-state index in [0.717, 1.165) is 4.90 Å². The van der Waals surface area contributed by atoms with Crippen LogP contribution in [0.4, 0.5) is 0 Å². The molecule has 0 atom stereocenters. The van der Waals surface area contributed by atoms with Gasteiger partial charge in [-0.1, -0.05) is 6.07 Å². The summed E-state index contributed by atoms with van der Waals surface area (Å²) in [6.45, 7) is -0.612. The van der Waals surface area contributed by atoms with Gasteiger partial charge in [-0.05, 0) is 28.1 Å². The number of hydrogen-bond donors (Lipinski definition) is 1. The molecule has 0 spiro atoms. The zero-order chi connectivity index (χ0) is 11.9. The molecule has 2 rings (SSSR count). The fraction of sp³-hybridized carbons (Fsp3) is 0.100. The largest absolute Gasteiger partial charge is 0.480 e. The Hall–Kier alpha value is -1.69. The molecule has 1 aromatic carbocycles. The zero-order valence-corrected chi connectivity index (χ0v) is 9.52. The van der Waals surface area contributed by atoms with Crippen LogP contribution in [0.3, 0.4) is 0 Å². The van der Waals surface area contributed by atoms with E-state index in [2.05, 4.69) is 15.9 Å². The van der Waals surface area contributed by atoms with Crippen molar-refractivity contribution in [3.8, 4) is 0 Å². The quantitative estimate of drug-likeness (QED) is 0.826. The Morgan fingerprint density at radius 2 is 2.00 bits per heavy atom. The predicted octanol–water partition coefficient (Wildman–Crippen LogP) is 1.13. The Morgan fingerprint density at radius 3 is 2.56 bits per heavy atom. The number of amides is 2. The second-order valence-electron chi connectivity index (χ2n) is 3.25. The van der Waals surface area contributed by atoms with Crippen LogP contribution < -0.4 is 0 Å². The van der Waals surface area contributed by atoms with Crippen molar-refractivity contribution >= 4 is 33.7 Å². The van der Waals surface area contributed by atoms with E-state index >= 15 is 0 Å². The summed E-state index contributed by atoms with van der Waals surface area (Å²) in [6.07, 6.45) is 0. The number of benzene rings is 1. The summed E-state index contributed by atoms with van der Waals surface area (Å²) in [5.41, 5.74) is 0.467. The van der Waals surface area contributed by atoms with Gasteiger partial charge in [-0.25, -0.2) is 0 Å². The Bertz CT molecular complexity index is 512. The van der Waals surface area contributed by atoms with Crippen molar-refractivity contribution in [1.29, 1.82) is 0 Å². The van der Waals surface area contributed by atoms with Crippen molar-refractivity contribution in [2.75, 3.05) is 6.54 Å². The first-order valence-electron chi connectivity index (χ1n) is 4.39. The minimum absolute atomic E-state index is 0.230. The fourth-order valence-corrected chi connectivity index (χ4v) is 2.11. The molecule has 2 amide bonds. The number of carbonyl (C=O) groups excluding carboxylic acids is 2. The summed E-state index contributed by atoms with van der Waals surface area (Å²) in [5.74, 6) is -2.36. The van der Waals surface area contributed by atoms with E-state index in [9.17, 15) is 14.4 Å². The summed E-state index contributed by atoms with van der Waals surface area (Å²) < 4.78 is 0.497. The van der Waals surface area contributed by atoms with Crippen molar-refractivity contribution in [2.24, 2.45) is 0 Å². The highest BCUT2D eigenvalue weighted by atomic mass is 79.9. The smallest absolute Gasteiger partial charge is 0.323 e. The van der Waals surface area contributed by atoms with Gasteiger partial charge in [-0.3, -0.25) is 19.3 Å². The summed E-state index contributed by atoms with van der Waals surface area (Å²) in [5, 5.41) is 8.60. The average Bonchev–Trinajstić information content (AvgIpc) is 2.44. The number of nitrogens with zero attached hydrogens (tertiary/aromatic N) is 1. The molecule has 0 fully saturated rings. The average molecular weight is 284 g/mol. The lowest BCUT2D eigenvalue weighted by Crippen LogP contribution is -2.34. The van der Waals surface area contributed by atoms with Crippen molar-refractivity contribution < 1.29 is 19.5 Å². The maximum atomic E-state index is 11.8. The van der Waals surface area contributed by atoms with Gasteiger partial charge in [-0.2, -0.15) is 0 Å². The van der Waals surface area contributed by atoms with E-state index in [1.54, 1.807) is 12.1 Å². The molecule has 0 bridgehead atoms. The predicted molar refractivity (Wildman–Crippen MR) is 57.1 cm³/mol. The maximum absolute atomic E-state index is 11.8. The zero-order valence-electron chi connectivity index (χ0n) is 7.94. The van der Waals surface area contributed by atoms with Crippen LogP contribution in [-0.4, -0.2) is 34.3 Å². The Labute approximate surface area is 98.8 Å². The molecule has 0 unspecified atom stereocenters. The summed E-state index contributed by atoms with van der Waals surface area (Å²) in [4.78, 5) is 34.7. The molecule has 1 N–H and O–H groups in total. The van der Waals surface area contributed by atoms with Crippen LogP contribution in [0, 0.1) is 0 Å². The lowest BCUT2D eigenvalue weighted by molar-refractivity contribution is -0.137. The normalized spacial score (nSPS) is 14.2. The Morgan fingerprint density at radius 1 is 1.31 bits per heavy atom. The number of imide groups is 1. The van der Waals surface area contributed by atoms with E-state index in [4.69, 9.17) is 5.11 Å². The third kappa shape index (κ3) is 1.51. The van der Waals surface area contributed by atoms with E-state index in [0.29, 0.717) is 4.47 Å². The second kappa shape index (κ2) is 3.71. The van der Waals surface area contributed by atoms with E-state index in [1.807, 2.05) is 0 Å². The fourth-order valence-electron chi connectivity index (χ4n) is 1.57. The number of fused-ring (bicyclic) bond motifs is 1. The molecule has 0 saturated carbocycles. The molecule has 0 saturated heterocycles. The van der Waals surface area contributed by atoms with Gasteiger partial charge >= 0.3 is 5.97 Å². The third-order valence-electron chi connectivity index (χ3n) is 2.24. The molecule has 0 aromatic heterocycles. The molecule has 5 nitrogen and oxygen atoms in total. The third-order valence-corrected chi connectivity index (χ3v) is 2.90. The molecule has 1 aromatic rings. The molecular formula is C10H6BrNO4. The van der Waals surface area contributed by atoms with Gasteiger partial charge in [0.25, 0.3) is 11.8 Å². The van der Waals surface area contributed by atoms with Gasteiger partial charge in [0.1, 0.15) is 6.54 Å². The maximum Gasteiger partial charge on any atom is 0.323 e. The summed E-state index contributed by atoms with van der Waals surface area (Å²) in [7, 11) is 0. The van der Waals surface area contributed by atoms with Crippen molar-refractivity contribution in [1.82, 2.24) is 4.90 Å². The minimum atomic E-state index is -1.22. The highest BCUT2D eigenvalue weighted by molar-refractivity contribution is 9.10. The summed E-state index contributed by atoms with van der Waals surface area (Å²) in [6, 6.07) is 4.76. The second-order valence-corrected chi connectivity index (χ2v) is 4.11. The number of rotatable bonds is 2. The van der Waals surface area contributed by atoms with Crippen LogP contribution >= 0.6 is 15.9 Å². The molecule has 6 heteroatoms. The van der Waals surface area contributed by atoms with E-state index in [-0.39, 0.29) is 11.1 Å².